The minimum absolute atomic E-state index is 0.00998. The lowest BCUT2D eigenvalue weighted by molar-refractivity contribution is -0.145. The first-order chi connectivity index (χ1) is 33.2. The van der Waals surface area contributed by atoms with Crippen LogP contribution < -0.4 is 14.8 Å². The van der Waals surface area contributed by atoms with Crippen LogP contribution in [0.5, 0.6) is 11.5 Å². The number of benzene rings is 9. The van der Waals surface area contributed by atoms with Crippen LogP contribution in [-0.4, -0.2) is 51.0 Å². The number of amides is 1. The number of carbonyl (C=O) groups is 2. The monoisotopic (exact) mass is 913 g/mol. The molecule has 10 heteroatoms. The van der Waals surface area contributed by atoms with E-state index in [9.17, 15) is 14.7 Å². The molecule has 0 aliphatic heterocycles. The van der Waals surface area contributed by atoms with Crippen molar-refractivity contribution in [3.8, 4) is 11.5 Å². The lowest BCUT2D eigenvalue weighted by Crippen LogP contribution is -2.20. The summed E-state index contributed by atoms with van der Waals surface area (Å²) < 4.78 is 36.1. The summed E-state index contributed by atoms with van der Waals surface area (Å²) >= 11 is 0. The summed E-state index contributed by atoms with van der Waals surface area (Å²) in [4.78, 5) is 23.4. The van der Waals surface area contributed by atoms with E-state index in [1.807, 2.05) is 12.1 Å². The summed E-state index contributed by atoms with van der Waals surface area (Å²) in [5.74, 6) is 0.443. The topological polar surface area (TPSA) is 122 Å². The highest BCUT2D eigenvalue weighted by molar-refractivity contribution is 6.24. The average Bonchev–Trinajstić information content (AvgIpc) is 3.35. The fourth-order valence-electron chi connectivity index (χ4n) is 9.65. The summed E-state index contributed by atoms with van der Waals surface area (Å²) in [6.45, 7) is 6.78. The van der Waals surface area contributed by atoms with Crippen molar-refractivity contribution in [3.05, 3.63) is 143 Å². The van der Waals surface area contributed by atoms with Crippen molar-refractivity contribution in [2.45, 2.75) is 79.2 Å². The summed E-state index contributed by atoms with van der Waals surface area (Å²) in [5.41, 5.74) is 5.77. The Labute approximate surface area is 396 Å². The predicted molar refractivity (Wildman–Crippen MR) is 270 cm³/mol. The van der Waals surface area contributed by atoms with Crippen molar-refractivity contribution in [2.24, 2.45) is 5.92 Å². The molecule has 1 unspecified atom stereocenters. The molecular weight excluding hydrogens is 855 g/mol. The van der Waals surface area contributed by atoms with Gasteiger partial charge in [-0.05, 0) is 167 Å². The summed E-state index contributed by atoms with van der Waals surface area (Å²) in [6, 6.07) is 38.5. The van der Waals surface area contributed by atoms with E-state index in [0.29, 0.717) is 37.9 Å². The SMILES string of the molecule is COC(=O)C(C)COc1cc(COCc2cc3ccc4cc(CO)cc5ccc(c2)c3c45)c(OC)cc1COCc1cc2ccc3cc(COCCCCCCNC(C)=O)cc4ccc(c1)c2c34. The van der Waals surface area contributed by atoms with Crippen LogP contribution in [0.15, 0.2) is 109 Å². The van der Waals surface area contributed by atoms with Gasteiger partial charge in [-0.3, -0.25) is 9.59 Å². The molecule has 9 rings (SSSR count). The van der Waals surface area contributed by atoms with E-state index in [4.69, 9.17) is 28.4 Å². The molecule has 0 fully saturated rings. The Bertz CT molecular complexity index is 3080. The van der Waals surface area contributed by atoms with Gasteiger partial charge >= 0.3 is 5.97 Å². The number of aliphatic hydroxyl groups excluding tert-OH is 1. The largest absolute Gasteiger partial charge is 0.496 e. The van der Waals surface area contributed by atoms with Crippen molar-refractivity contribution >= 4 is 76.5 Å². The zero-order valence-corrected chi connectivity index (χ0v) is 39.4. The van der Waals surface area contributed by atoms with Gasteiger partial charge in [0.2, 0.25) is 5.91 Å². The standard InChI is InChI=1S/C58H59NO9/c1-36(58(62)64-4)30-68-53-28-50(34-66-32-40-23-46-11-9-42-19-38(29-60)20-43-10-12-47(24-40)55(46)54(42)43)52(63-3)27-51(53)35-67-33-41-25-48-15-13-44-21-39(22-45-14-16-49(26-41)57(48)56(44)45)31-65-18-8-6-5-7-17-59-37(2)61/h9-16,19-28,36,60H,5-8,17-18,29-35H2,1-4H3,(H,59,61). The normalized spacial score (nSPS) is 12.3. The van der Waals surface area contributed by atoms with Crippen LogP contribution in [0.4, 0.5) is 0 Å². The highest BCUT2D eigenvalue weighted by atomic mass is 16.5. The van der Waals surface area contributed by atoms with Gasteiger partial charge in [0.25, 0.3) is 0 Å². The first kappa shape index (κ1) is 46.5. The maximum absolute atomic E-state index is 12.4. The van der Waals surface area contributed by atoms with Crippen LogP contribution in [0, 0.1) is 5.92 Å². The number of ether oxygens (including phenoxy) is 6. The molecule has 0 radical (unpaired) electrons. The van der Waals surface area contributed by atoms with Crippen LogP contribution in [0.25, 0.3) is 64.6 Å². The molecule has 0 spiro atoms. The van der Waals surface area contributed by atoms with E-state index >= 15 is 0 Å². The minimum atomic E-state index is -0.475. The second-order valence-corrected chi connectivity index (χ2v) is 18.0. The molecule has 9 aromatic carbocycles. The molecule has 2 N–H and O–H groups in total. The fraction of sp³-hybridized carbons (Fsp3) is 0.310. The van der Waals surface area contributed by atoms with Gasteiger partial charge in [-0.2, -0.15) is 0 Å². The third-order valence-corrected chi connectivity index (χ3v) is 13.0. The van der Waals surface area contributed by atoms with Crippen molar-refractivity contribution in [1.29, 1.82) is 0 Å². The van der Waals surface area contributed by atoms with E-state index in [1.54, 1.807) is 21.0 Å². The molecule has 0 heterocycles. The zero-order chi connectivity index (χ0) is 47.1. The van der Waals surface area contributed by atoms with Gasteiger partial charge in [-0.25, -0.2) is 0 Å². The quantitative estimate of drug-likeness (QED) is 0.0367. The number of hydrogen-bond donors (Lipinski definition) is 2. The maximum Gasteiger partial charge on any atom is 0.311 e. The number of aliphatic hydroxyl groups is 1. The lowest BCUT2D eigenvalue weighted by atomic mass is 9.92. The lowest BCUT2D eigenvalue weighted by Gasteiger charge is -2.19. The molecule has 0 bridgehead atoms. The number of methoxy groups -OCH3 is 2. The molecule has 9 aromatic rings. The van der Waals surface area contributed by atoms with Crippen LogP contribution in [0.2, 0.25) is 0 Å². The van der Waals surface area contributed by atoms with Crippen molar-refractivity contribution in [3.63, 3.8) is 0 Å². The van der Waals surface area contributed by atoms with Gasteiger partial charge < -0.3 is 38.8 Å². The maximum atomic E-state index is 12.4. The summed E-state index contributed by atoms with van der Waals surface area (Å²) in [5, 5.41) is 26.8. The molecule has 1 atom stereocenters. The van der Waals surface area contributed by atoms with E-state index in [0.717, 1.165) is 97.9 Å². The first-order valence-corrected chi connectivity index (χ1v) is 23.6. The third-order valence-electron chi connectivity index (χ3n) is 13.0. The number of nitrogens with one attached hydrogen (secondary N) is 1. The number of hydrogen-bond acceptors (Lipinski definition) is 9. The molecule has 0 saturated heterocycles. The van der Waals surface area contributed by atoms with Crippen LogP contribution in [-0.2, 0) is 68.2 Å². The van der Waals surface area contributed by atoms with Crippen molar-refractivity contribution < 1.29 is 43.1 Å². The van der Waals surface area contributed by atoms with Gasteiger partial charge in [-0.15, -0.1) is 0 Å². The summed E-state index contributed by atoms with van der Waals surface area (Å²) in [6.07, 6.45) is 4.16. The molecule has 0 aliphatic rings. The van der Waals surface area contributed by atoms with E-state index in [-0.39, 0.29) is 38.3 Å². The minimum Gasteiger partial charge on any atom is -0.496 e. The van der Waals surface area contributed by atoms with Crippen LogP contribution >= 0.6 is 0 Å². The molecule has 1 amide bonds. The van der Waals surface area contributed by atoms with Crippen molar-refractivity contribution in [2.75, 3.05) is 34.0 Å². The van der Waals surface area contributed by atoms with Crippen LogP contribution in [0.3, 0.4) is 0 Å². The smallest absolute Gasteiger partial charge is 0.311 e. The molecule has 0 aliphatic carbocycles. The second-order valence-electron chi connectivity index (χ2n) is 18.0. The van der Waals surface area contributed by atoms with Crippen LogP contribution in [0.1, 0.15) is 72.9 Å². The zero-order valence-electron chi connectivity index (χ0n) is 39.4. The van der Waals surface area contributed by atoms with E-state index in [2.05, 4.69) is 102 Å². The average molecular weight is 914 g/mol. The number of carbonyl (C=O) groups excluding carboxylic acids is 2. The van der Waals surface area contributed by atoms with Gasteiger partial charge in [0.15, 0.2) is 0 Å². The molecule has 350 valence electrons. The van der Waals surface area contributed by atoms with Crippen molar-refractivity contribution in [1.82, 2.24) is 5.32 Å². The number of unbranched alkanes of at least 4 members (excludes halogenated alkanes) is 3. The Kier molecular flexibility index (Phi) is 14.5. The van der Waals surface area contributed by atoms with Gasteiger partial charge in [0.1, 0.15) is 18.1 Å². The molecule has 0 aromatic heterocycles. The molecule has 10 nitrogen and oxygen atoms in total. The Hall–Kier alpha value is -6.56. The van der Waals surface area contributed by atoms with Gasteiger partial charge in [0, 0.05) is 31.2 Å². The molecule has 68 heavy (non-hydrogen) atoms. The first-order valence-electron chi connectivity index (χ1n) is 23.6. The Morgan fingerprint density at radius 3 is 1.37 bits per heavy atom. The highest BCUT2D eigenvalue weighted by Gasteiger charge is 2.19. The van der Waals surface area contributed by atoms with E-state index in [1.165, 1.54) is 39.4 Å². The Balaban J connectivity index is 0.866. The molecule has 0 saturated carbocycles. The number of esters is 1. The Morgan fingerprint density at radius 2 is 0.941 bits per heavy atom. The Morgan fingerprint density at radius 1 is 0.529 bits per heavy atom. The predicted octanol–water partition coefficient (Wildman–Crippen LogP) is 11.8. The number of rotatable bonds is 23. The second kappa shape index (κ2) is 21.2. The fourth-order valence-corrected chi connectivity index (χ4v) is 9.65. The molecular formula is C58H59NO9. The highest BCUT2D eigenvalue weighted by Crippen LogP contribution is 2.39. The van der Waals surface area contributed by atoms with Gasteiger partial charge in [0.05, 0.1) is 59.8 Å². The third kappa shape index (κ3) is 10.3. The summed E-state index contributed by atoms with van der Waals surface area (Å²) in [7, 11) is 3.03. The van der Waals surface area contributed by atoms with E-state index < -0.39 is 5.92 Å². The van der Waals surface area contributed by atoms with Gasteiger partial charge in [-0.1, -0.05) is 61.4 Å².